The second-order valence-electron chi connectivity index (χ2n) is 6.64. The number of pyridine rings is 1. The van der Waals surface area contributed by atoms with E-state index in [9.17, 15) is 19.2 Å². The number of aromatic amines is 1. The van der Waals surface area contributed by atoms with Gasteiger partial charge in [-0.3, -0.25) is 19.3 Å². The number of hydrogen-bond acceptors (Lipinski definition) is 5. The summed E-state index contributed by atoms with van der Waals surface area (Å²) in [5.74, 6) is -1.71. The summed E-state index contributed by atoms with van der Waals surface area (Å²) in [6, 6.07) is 15.2. The van der Waals surface area contributed by atoms with E-state index in [-0.39, 0.29) is 18.1 Å². The second kappa shape index (κ2) is 7.23. The quantitative estimate of drug-likeness (QED) is 0.665. The van der Waals surface area contributed by atoms with Gasteiger partial charge in [0.1, 0.15) is 12.2 Å². The normalized spacial score (nSPS) is 14.1. The van der Waals surface area contributed by atoms with Crippen LogP contribution in [0.3, 0.4) is 0 Å². The van der Waals surface area contributed by atoms with Crippen molar-refractivity contribution in [1.29, 1.82) is 0 Å². The lowest BCUT2D eigenvalue weighted by Crippen LogP contribution is -2.47. The zero-order valence-electron chi connectivity index (χ0n) is 15.5. The fourth-order valence-electron chi connectivity index (χ4n) is 3.24. The van der Waals surface area contributed by atoms with Crippen LogP contribution in [0, 0.1) is 0 Å². The highest BCUT2D eigenvalue weighted by atomic mass is 16.5. The molecule has 2 heterocycles. The lowest BCUT2D eigenvalue weighted by Gasteiger charge is -2.30. The summed E-state index contributed by atoms with van der Waals surface area (Å²) in [4.78, 5) is 53.2. The van der Waals surface area contributed by atoms with Crippen molar-refractivity contribution < 1.29 is 19.1 Å². The Bertz CT molecular complexity index is 1200. The Balaban J connectivity index is 1.56. The van der Waals surface area contributed by atoms with Crippen LogP contribution < -0.4 is 15.8 Å². The SMILES string of the molecule is CC(OC(=O)c1cc2ccccc2c(=O)[nH]1)C(=O)N1CC(=O)Nc2ccccc21. The summed E-state index contributed by atoms with van der Waals surface area (Å²) in [5, 5.41) is 3.73. The Kier molecular flexibility index (Phi) is 4.59. The first-order valence-electron chi connectivity index (χ1n) is 8.97. The molecule has 0 bridgehead atoms. The minimum Gasteiger partial charge on any atom is -0.448 e. The summed E-state index contributed by atoms with van der Waals surface area (Å²) < 4.78 is 5.27. The highest BCUT2D eigenvalue weighted by molar-refractivity contribution is 6.11. The van der Waals surface area contributed by atoms with Gasteiger partial charge in [-0.2, -0.15) is 0 Å². The van der Waals surface area contributed by atoms with Crippen molar-refractivity contribution in [2.45, 2.75) is 13.0 Å². The van der Waals surface area contributed by atoms with Crippen LogP contribution in [0.2, 0.25) is 0 Å². The molecule has 29 heavy (non-hydrogen) atoms. The number of carbonyl (C=O) groups excluding carboxylic acids is 3. The number of anilines is 2. The summed E-state index contributed by atoms with van der Waals surface area (Å²) in [7, 11) is 0. The fraction of sp³-hybridized carbons (Fsp3) is 0.143. The van der Waals surface area contributed by atoms with Gasteiger partial charge in [0.25, 0.3) is 11.5 Å². The van der Waals surface area contributed by atoms with Crippen LogP contribution in [0.15, 0.2) is 59.4 Å². The Hall–Kier alpha value is -3.94. The minimum absolute atomic E-state index is 0.0508. The number of esters is 1. The highest BCUT2D eigenvalue weighted by Crippen LogP contribution is 2.29. The molecule has 1 aliphatic heterocycles. The van der Waals surface area contributed by atoms with Crippen molar-refractivity contribution in [2.75, 3.05) is 16.8 Å². The third-order valence-corrected chi connectivity index (χ3v) is 4.64. The van der Waals surface area contributed by atoms with E-state index in [1.165, 1.54) is 17.9 Å². The molecule has 1 aromatic heterocycles. The molecule has 4 rings (SSSR count). The number of rotatable bonds is 3. The molecule has 1 unspecified atom stereocenters. The summed E-state index contributed by atoms with van der Waals surface area (Å²) >= 11 is 0. The zero-order chi connectivity index (χ0) is 20.5. The van der Waals surface area contributed by atoms with Gasteiger partial charge in [-0.25, -0.2) is 4.79 Å². The molecule has 1 atom stereocenters. The third-order valence-electron chi connectivity index (χ3n) is 4.64. The van der Waals surface area contributed by atoms with Crippen molar-refractivity contribution >= 4 is 39.9 Å². The van der Waals surface area contributed by atoms with E-state index in [1.807, 2.05) is 0 Å². The number of aromatic nitrogens is 1. The molecule has 0 saturated heterocycles. The number of H-pyrrole nitrogens is 1. The van der Waals surface area contributed by atoms with Gasteiger partial charge in [0, 0.05) is 5.39 Å². The maximum Gasteiger partial charge on any atom is 0.355 e. The van der Waals surface area contributed by atoms with Gasteiger partial charge in [-0.05, 0) is 36.6 Å². The smallest absolute Gasteiger partial charge is 0.355 e. The van der Waals surface area contributed by atoms with Crippen LogP contribution in [-0.2, 0) is 14.3 Å². The molecular formula is C21H17N3O5. The van der Waals surface area contributed by atoms with Crippen molar-refractivity contribution in [1.82, 2.24) is 4.98 Å². The molecule has 2 amide bonds. The van der Waals surface area contributed by atoms with E-state index in [4.69, 9.17) is 4.74 Å². The van der Waals surface area contributed by atoms with Gasteiger partial charge >= 0.3 is 5.97 Å². The molecule has 1 aliphatic rings. The Labute approximate surface area is 165 Å². The van der Waals surface area contributed by atoms with E-state index in [2.05, 4.69) is 10.3 Å². The minimum atomic E-state index is -1.16. The van der Waals surface area contributed by atoms with Gasteiger partial charge in [-0.1, -0.05) is 30.3 Å². The van der Waals surface area contributed by atoms with Gasteiger partial charge in [0.05, 0.1) is 11.4 Å². The van der Waals surface area contributed by atoms with E-state index in [0.29, 0.717) is 22.1 Å². The Morgan fingerprint density at radius 1 is 1.07 bits per heavy atom. The van der Waals surface area contributed by atoms with Crippen molar-refractivity contribution in [2.24, 2.45) is 0 Å². The third kappa shape index (κ3) is 3.47. The molecule has 8 heteroatoms. The van der Waals surface area contributed by atoms with Crippen molar-refractivity contribution in [3.8, 4) is 0 Å². The zero-order valence-corrected chi connectivity index (χ0v) is 15.5. The highest BCUT2D eigenvalue weighted by Gasteiger charge is 2.31. The predicted molar refractivity (Wildman–Crippen MR) is 107 cm³/mol. The average Bonchev–Trinajstić information content (AvgIpc) is 2.72. The summed E-state index contributed by atoms with van der Waals surface area (Å²) in [5.41, 5.74) is 0.564. The largest absolute Gasteiger partial charge is 0.448 e. The number of para-hydroxylation sites is 2. The number of hydrogen-bond donors (Lipinski definition) is 2. The molecular weight excluding hydrogens is 374 g/mol. The van der Waals surface area contributed by atoms with Crippen LogP contribution in [0.1, 0.15) is 17.4 Å². The Morgan fingerprint density at radius 3 is 2.62 bits per heavy atom. The monoisotopic (exact) mass is 391 g/mol. The fourth-order valence-corrected chi connectivity index (χ4v) is 3.24. The summed E-state index contributed by atoms with van der Waals surface area (Å²) in [6.07, 6.45) is -1.16. The number of ether oxygens (including phenoxy) is 1. The number of nitrogens with zero attached hydrogens (tertiary/aromatic N) is 1. The molecule has 0 radical (unpaired) electrons. The second-order valence-corrected chi connectivity index (χ2v) is 6.64. The predicted octanol–water partition coefficient (Wildman–Crippen LogP) is 2.06. The first-order chi connectivity index (χ1) is 13.9. The number of carbonyl (C=O) groups is 3. The number of benzene rings is 2. The van der Waals surface area contributed by atoms with Crippen LogP contribution in [0.5, 0.6) is 0 Å². The molecule has 0 spiro atoms. The lowest BCUT2D eigenvalue weighted by atomic mass is 10.1. The van der Waals surface area contributed by atoms with Gasteiger partial charge < -0.3 is 15.0 Å². The molecule has 3 aromatic rings. The number of nitrogens with one attached hydrogen (secondary N) is 2. The van der Waals surface area contributed by atoms with E-state index < -0.39 is 23.5 Å². The topological polar surface area (TPSA) is 109 Å². The Morgan fingerprint density at radius 2 is 1.79 bits per heavy atom. The van der Waals surface area contributed by atoms with E-state index >= 15 is 0 Å². The average molecular weight is 391 g/mol. The van der Waals surface area contributed by atoms with E-state index in [1.54, 1.807) is 48.5 Å². The summed E-state index contributed by atoms with van der Waals surface area (Å²) in [6.45, 7) is 1.25. The number of fused-ring (bicyclic) bond motifs is 2. The molecule has 2 aromatic carbocycles. The van der Waals surface area contributed by atoms with Gasteiger partial charge in [0.2, 0.25) is 5.91 Å². The van der Waals surface area contributed by atoms with Crippen LogP contribution >= 0.6 is 0 Å². The first-order valence-corrected chi connectivity index (χ1v) is 8.97. The molecule has 0 saturated carbocycles. The standard InChI is InChI=1S/C21H17N3O5/c1-12(20(27)24-11-18(25)22-15-8-4-5-9-17(15)24)29-21(28)16-10-13-6-2-3-7-14(13)19(26)23-16/h2-10,12H,11H2,1H3,(H,22,25)(H,23,26). The molecule has 0 fully saturated rings. The van der Waals surface area contributed by atoms with Crippen LogP contribution in [0.4, 0.5) is 11.4 Å². The molecule has 146 valence electrons. The maximum absolute atomic E-state index is 12.8. The van der Waals surface area contributed by atoms with Gasteiger partial charge in [0.15, 0.2) is 6.10 Å². The molecule has 8 nitrogen and oxygen atoms in total. The van der Waals surface area contributed by atoms with Crippen LogP contribution in [-0.4, -0.2) is 35.4 Å². The molecule has 2 N–H and O–H groups in total. The van der Waals surface area contributed by atoms with E-state index in [0.717, 1.165) is 0 Å². The first kappa shape index (κ1) is 18.4. The van der Waals surface area contributed by atoms with Crippen molar-refractivity contribution in [3.05, 3.63) is 70.6 Å². The van der Waals surface area contributed by atoms with Gasteiger partial charge in [-0.15, -0.1) is 0 Å². The number of amides is 2. The lowest BCUT2D eigenvalue weighted by molar-refractivity contribution is -0.128. The molecule has 0 aliphatic carbocycles. The van der Waals surface area contributed by atoms with Crippen LogP contribution in [0.25, 0.3) is 10.8 Å². The van der Waals surface area contributed by atoms with Crippen molar-refractivity contribution in [3.63, 3.8) is 0 Å². The maximum atomic E-state index is 12.8.